The van der Waals surface area contributed by atoms with Gasteiger partial charge in [-0.15, -0.1) is 0 Å². The molecule has 0 aliphatic rings. The molecule has 0 saturated carbocycles. The fraction of sp³-hybridized carbons (Fsp3) is 0.200. The number of aromatic nitrogens is 1. The number of nitrogens with zero attached hydrogens (tertiary/aromatic N) is 2. The van der Waals surface area contributed by atoms with Gasteiger partial charge in [0.2, 0.25) is 0 Å². The smallest absolute Gasteiger partial charge is 0.258 e. The van der Waals surface area contributed by atoms with E-state index >= 15 is 0 Å². The molecule has 20 heavy (non-hydrogen) atoms. The van der Waals surface area contributed by atoms with E-state index in [0.29, 0.717) is 12.1 Å². The van der Waals surface area contributed by atoms with Gasteiger partial charge < -0.3 is 15.2 Å². The highest BCUT2D eigenvalue weighted by atomic mass is 16.2. The summed E-state index contributed by atoms with van der Waals surface area (Å²) in [4.78, 5) is 25.4. The van der Waals surface area contributed by atoms with Crippen molar-refractivity contribution in [3.8, 4) is 0 Å². The van der Waals surface area contributed by atoms with E-state index in [1.54, 1.807) is 26.4 Å². The predicted octanol–water partition coefficient (Wildman–Crippen LogP) is 1.12. The Morgan fingerprint density at radius 1 is 1.30 bits per heavy atom. The van der Waals surface area contributed by atoms with Gasteiger partial charge in [-0.3, -0.25) is 9.59 Å². The van der Waals surface area contributed by atoms with Crippen LogP contribution in [0.3, 0.4) is 0 Å². The number of rotatable bonds is 3. The maximum absolute atomic E-state index is 12.4. The van der Waals surface area contributed by atoms with Crippen molar-refractivity contribution in [1.82, 2.24) is 4.57 Å². The maximum atomic E-state index is 12.4. The molecule has 0 aliphatic heterocycles. The number of anilines is 1. The molecule has 1 aromatic carbocycles. The highest BCUT2D eigenvalue weighted by molar-refractivity contribution is 6.05. The van der Waals surface area contributed by atoms with Gasteiger partial charge in [0.1, 0.15) is 0 Å². The molecule has 0 radical (unpaired) electrons. The maximum Gasteiger partial charge on any atom is 0.258 e. The Morgan fingerprint density at radius 2 is 2.05 bits per heavy atom. The fourth-order valence-electron chi connectivity index (χ4n) is 1.88. The van der Waals surface area contributed by atoms with Crippen molar-refractivity contribution in [3.05, 3.63) is 64.1 Å². The van der Waals surface area contributed by atoms with Crippen LogP contribution in [0.4, 0.5) is 5.69 Å². The zero-order valence-electron chi connectivity index (χ0n) is 11.5. The molecule has 0 fully saturated rings. The summed E-state index contributed by atoms with van der Waals surface area (Å²) in [6.07, 6.45) is 1.58. The predicted molar refractivity (Wildman–Crippen MR) is 78.7 cm³/mol. The molecule has 5 heteroatoms. The number of hydrogen-bond acceptors (Lipinski definition) is 3. The second-order valence-electron chi connectivity index (χ2n) is 4.60. The number of pyridine rings is 1. The van der Waals surface area contributed by atoms with Gasteiger partial charge in [-0.2, -0.15) is 0 Å². The lowest BCUT2D eigenvalue weighted by molar-refractivity contribution is 0.0992. The zero-order valence-corrected chi connectivity index (χ0v) is 11.5. The van der Waals surface area contributed by atoms with Gasteiger partial charge in [-0.25, -0.2) is 0 Å². The molecule has 0 aliphatic carbocycles. The van der Waals surface area contributed by atoms with E-state index in [0.717, 1.165) is 11.3 Å². The molecule has 1 amide bonds. The van der Waals surface area contributed by atoms with Crippen molar-refractivity contribution in [2.24, 2.45) is 12.8 Å². The first-order valence-corrected chi connectivity index (χ1v) is 6.26. The molecule has 1 heterocycles. The van der Waals surface area contributed by atoms with Crippen LogP contribution >= 0.6 is 0 Å². The Kier molecular flexibility index (Phi) is 4.00. The summed E-state index contributed by atoms with van der Waals surface area (Å²) in [7, 11) is 3.32. The Balaban J connectivity index is 2.31. The van der Waals surface area contributed by atoms with Crippen LogP contribution in [0.25, 0.3) is 0 Å². The molecular weight excluding hydrogens is 254 g/mol. The van der Waals surface area contributed by atoms with Crippen molar-refractivity contribution in [3.63, 3.8) is 0 Å². The van der Waals surface area contributed by atoms with Crippen molar-refractivity contribution in [1.29, 1.82) is 0 Å². The minimum absolute atomic E-state index is 0.208. The van der Waals surface area contributed by atoms with Gasteiger partial charge in [0, 0.05) is 44.2 Å². The SMILES string of the molecule is CN(C(=O)c1ccn(C)c(=O)c1)c1cccc(CN)c1. The van der Waals surface area contributed by atoms with Crippen LogP contribution in [-0.4, -0.2) is 17.5 Å². The molecule has 0 unspecified atom stereocenters. The topological polar surface area (TPSA) is 68.3 Å². The summed E-state index contributed by atoms with van der Waals surface area (Å²) in [6.45, 7) is 0.418. The molecular formula is C15H17N3O2. The third kappa shape index (κ3) is 2.78. The molecule has 2 N–H and O–H groups in total. The van der Waals surface area contributed by atoms with Crippen LogP contribution in [0.2, 0.25) is 0 Å². The van der Waals surface area contributed by atoms with Gasteiger partial charge in [-0.1, -0.05) is 12.1 Å². The summed E-state index contributed by atoms with van der Waals surface area (Å²) in [5.41, 5.74) is 7.45. The van der Waals surface area contributed by atoms with E-state index in [-0.39, 0.29) is 11.5 Å². The summed E-state index contributed by atoms with van der Waals surface area (Å²) in [5.74, 6) is -0.225. The molecule has 2 rings (SSSR count). The second-order valence-corrected chi connectivity index (χ2v) is 4.60. The summed E-state index contributed by atoms with van der Waals surface area (Å²) in [5, 5.41) is 0. The second kappa shape index (κ2) is 5.71. The van der Waals surface area contributed by atoms with Crippen molar-refractivity contribution < 1.29 is 4.79 Å². The number of nitrogens with two attached hydrogens (primary N) is 1. The Bertz CT molecular complexity index is 692. The summed E-state index contributed by atoms with van der Waals surface area (Å²) < 4.78 is 1.42. The third-order valence-electron chi connectivity index (χ3n) is 3.19. The van der Waals surface area contributed by atoms with Crippen molar-refractivity contribution >= 4 is 11.6 Å². The molecule has 5 nitrogen and oxygen atoms in total. The lowest BCUT2D eigenvalue weighted by atomic mass is 10.1. The van der Waals surface area contributed by atoms with Crippen LogP contribution in [0, 0.1) is 0 Å². The average molecular weight is 271 g/mol. The minimum atomic E-state index is -0.225. The van der Waals surface area contributed by atoms with Crippen molar-refractivity contribution in [2.75, 3.05) is 11.9 Å². The van der Waals surface area contributed by atoms with Gasteiger partial charge in [-0.05, 0) is 23.8 Å². The minimum Gasteiger partial charge on any atom is -0.326 e. The number of aryl methyl sites for hydroxylation is 1. The van der Waals surface area contributed by atoms with Crippen LogP contribution < -0.4 is 16.2 Å². The Labute approximate surface area is 117 Å². The largest absolute Gasteiger partial charge is 0.326 e. The lowest BCUT2D eigenvalue weighted by Crippen LogP contribution is -2.28. The standard InChI is InChI=1S/C15H17N3O2/c1-17-7-6-12(9-14(17)19)15(20)18(2)13-5-3-4-11(8-13)10-16/h3-9H,10,16H2,1-2H3. The molecule has 0 atom stereocenters. The molecule has 104 valence electrons. The van der Waals surface area contributed by atoms with E-state index in [1.807, 2.05) is 24.3 Å². The first-order valence-electron chi connectivity index (χ1n) is 6.26. The normalized spacial score (nSPS) is 10.3. The third-order valence-corrected chi connectivity index (χ3v) is 3.19. The highest BCUT2D eigenvalue weighted by Crippen LogP contribution is 2.16. The van der Waals surface area contributed by atoms with Crippen LogP contribution in [0.5, 0.6) is 0 Å². The van der Waals surface area contributed by atoms with E-state index in [1.165, 1.54) is 15.5 Å². The summed E-state index contributed by atoms with van der Waals surface area (Å²) in [6, 6.07) is 10.4. The zero-order chi connectivity index (χ0) is 14.7. The molecule has 2 aromatic rings. The highest BCUT2D eigenvalue weighted by Gasteiger charge is 2.14. The fourth-order valence-corrected chi connectivity index (χ4v) is 1.88. The van der Waals surface area contributed by atoms with Crippen LogP contribution in [-0.2, 0) is 13.6 Å². The van der Waals surface area contributed by atoms with Gasteiger partial charge in [0.15, 0.2) is 0 Å². The quantitative estimate of drug-likeness (QED) is 0.909. The lowest BCUT2D eigenvalue weighted by Gasteiger charge is -2.18. The monoisotopic (exact) mass is 271 g/mol. The molecule has 0 saturated heterocycles. The van der Waals surface area contributed by atoms with E-state index in [4.69, 9.17) is 5.73 Å². The Hall–Kier alpha value is -2.40. The van der Waals surface area contributed by atoms with Gasteiger partial charge in [0.25, 0.3) is 11.5 Å². The van der Waals surface area contributed by atoms with Crippen LogP contribution in [0.15, 0.2) is 47.4 Å². The van der Waals surface area contributed by atoms with E-state index in [2.05, 4.69) is 0 Å². The number of amides is 1. The molecule has 0 bridgehead atoms. The first-order chi connectivity index (χ1) is 9.52. The number of benzene rings is 1. The van der Waals surface area contributed by atoms with Crippen molar-refractivity contribution in [2.45, 2.75) is 6.54 Å². The van der Waals surface area contributed by atoms with Crippen LogP contribution in [0.1, 0.15) is 15.9 Å². The number of carbonyl (C=O) groups is 1. The van der Waals surface area contributed by atoms with Gasteiger partial charge >= 0.3 is 0 Å². The summed E-state index contributed by atoms with van der Waals surface area (Å²) >= 11 is 0. The first kappa shape index (κ1) is 14.0. The number of carbonyl (C=O) groups excluding carboxylic acids is 1. The van der Waals surface area contributed by atoms with Gasteiger partial charge in [0.05, 0.1) is 0 Å². The Morgan fingerprint density at radius 3 is 2.70 bits per heavy atom. The van der Waals surface area contributed by atoms with E-state index < -0.39 is 0 Å². The van der Waals surface area contributed by atoms with E-state index in [9.17, 15) is 9.59 Å². The number of hydrogen-bond donors (Lipinski definition) is 1. The average Bonchev–Trinajstić information content (AvgIpc) is 2.48. The molecule has 0 spiro atoms. The molecule has 1 aromatic heterocycles.